The quantitative estimate of drug-likeness (QED) is 0.614. The van der Waals surface area contributed by atoms with Gasteiger partial charge in [0.1, 0.15) is 5.56 Å². The summed E-state index contributed by atoms with van der Waals surface area (Å²) in [4.78, 5) is 23.9. The zero-order chi connectivity index (χ0) is 14.1. The Balaban J connectivity index is 3.10. The molecule has 0 aliphatic carbocycles. The minimum absolute atomic E-state index is 0.100. The highest BCUT2D eigenvalue weighted by molar-refractivity contribution is 6.76. The van der Waals surface area contributed by atoms with E-state index in [2.05, 4.69) is 24.7 Å². The van der Waals surface area contributed by atoms with Crippen molar-refractivity contribution in [2.75, 3.05) is 6.23 Å². The molecule has 6 heteroatoms. The van der Waals surface area contributed by atoms with Gasteiger partial charge in [0.25, 0.3) is 5.56 Å². The molecule has 0 fully saturated rings. The average Bonchev–Trinajstić information content (AvgIpc) is 2.23. The zero-order valence-electron chi connectivity index (χ0n) is 11.8. The van der Waals surface area contributed by atoms with E-state index < -0.39 is 19.6 Å². The van der Waals surface area contributed by atoms with Crippen LogP contribution >= 0.6 is 0 Å². The third-order valence-electron chi connectivity index (χ3n) is 2.57. The second-order valence-electron chi connectivity index (χ2n) is 5.65. The van der Waals surface area contributed by atoms with Gasteiger partial charge in [-0.1, -0.05) is 19.6 Å². The van der Waals surface area contributed by atoms with Crippen molar-refractivity contribution in [3.05, 3.63) is 27.2 Å². The Morgan fingerprint density at radius 2 is 1.89 bits per heavy atom. The second kappa shape index (κ2) is 5.05. The molecule has 0 atom stereocenters. The highest BCUT2D eigenvalue weighted by atomic mass is 28.3. The van der Waals surface area contributed by atoms with Crippen LogP contribution in [0.3, 0.4) is 0 Å². The maximum Gasteiger partial charge on any atom is 0.343 e. The van der Waals surface area contributed by atoms with Gasteiger partial charge in [0, 0.05) is 7.05 Å². The maximum absolute atomic E-state index is 12.0. The van der Waals surface area contributed by atoms with Crippen LogP contribution in [-0.4, -0.2) is 30.1 Å². The molecule has 0 spiro atoms. The maximum atomic E-state index is 12.0. The molecule has 0 aliphatic heterocycles. The number of carbonyl (C=O) groups is 1. The van der Waals surface area contributed by atoms with Gasteiger partial charge in [-0.3, -0.25) is 4.79 Å². The van der Waals surface area contributed by atoms with Crippen molar-refractivity contribution in [2.45, 2.75) is 33.5 Å². The van der Waals surface area contributed by atoms with E-state index in [0.29, 0.717) is 17.5 Å². The molecule has 0 saturated carbocycles. The molecule has 0 N–H and O–H groups in total. The van der Waals surface area contributed by atoms with Gasteiger partial charge in [0.2, 0.25) is 0 Å². The van der Waals surface area contributed by atoms with Gasteiger partial charge in [0.15, 0.2) is 0 Å². The van der Waals surface area contributed by atoms with Crippen molar-refractivity contribution in [1.82, 2.24) is 9.78 Å². The molecule has 0 aromatic carbocycles. The van der Waals surface area contributed by atoms with Crippen LogP contribution in [0.4, 0.5) is 0 Å². The van der Waals surface area contributed by atoms with E-state index in [-0.39, 0.29) is 5.56 Å². The van der Waals surface area contributed by atoms with E-state index in [9.17, 15) is 9.59 Å². The molecule has 0 bridgehead atoms. The van der Waals surface area contributed by atoms with Crippen LogP contribution in [0.15, 0.2) is 4.79 Å². The summed E-state index contributed by atoms with van der Waals surface area (Å²) in [6.07, 6.45) is 0.412. The molecule has 0 radical (unpaired) electrons. The fraction of sp³-hybridized carbons (Fsp3) is 0.583. The fourth-order valence-corrected chi connectivity index (χ4v) is 2.01. The van der Waals surface area contributed by atoms with E-state index >= 15 is 0 Å². The van der Waals surface area contributed by atoms with Crippen molar-refractivity contribution in [3.8, 4) is 0 Å². The summed E-state index contributed by atoms with van der Waals surface area (Å²) in [6, 6.07) is 0. The largest absolute Gasteiger partial charge is 0.466 e. The molecule has 0 saturated heterocycles. The number of carbonyl (C=O) groups excluding carboxylic acids is 1. The van der Waals surface area contributed by atoms with Gasteiger partial charge in [0.05, 0.1) is 20.0 Å². The van der Waals surface area contributed by atoms with E-state index in [1.54, 1.807) is 13.8 Å². The van der Waals surface area contributed by atoms with E-state index in [4.69, 9.17) is 4.74 Å². The molecule has 5 nitrogen and oxygen atoms in total. The third-order valence-corrected chi connectivity index (χ3v) is 3.58. The van der Waals surface area contributed by atoms with Gasteiger partial charge in [-0.05, 0) is 19.4 Å². The Hall–Kier alpha value is -1.43. The second-order valence-corrected chi connectivity index (χ2v) is 11.1. The number of hydrogen-bond acceptors (Lipinski definition) is 4. The van der Waals surface area contributed by atoms with Gasteiger partial charge < -0.3 is 4.74 Å². The van der Waals surface area contributed by atoms with Crippen LogP contribution in [0.2, 0.25) is 19.6 Å². The number of esters is 1. The van der Waals surface area contributed by atoms with Crippen molar-refractivity contribution in [2.24, 2.45) is 7.05 Å². The molecule has 100 valence electrons. The van der Waals surface area contributed by atoms with Gasteiger partial charge in [-0.25, -0.2) is 9.48 Å². The highest BCUT2D eigenvalue weighted by Gasteiger charge is 2.22. The molecule has 1 aromatic rings. The normalized spacial score (nSPS) is 11.4. The van der Waals surface area contributed by atoms with Gasteiger partial charge >= 0.3 is 5.97 Å². The summed E-state index contributed by atoms with van der Waals surface area (Å²) in [5.41, 5.74) is 0.956. The summed E-state index contributed by atoms with van der Waals surface area (Å²) in [7, 11) is 0.0494. The minimum Gasteiger partial charge on any atom is -0.466 e. The summed E-state index contributed by atoms with van der Waals surface area (Å²) >= 11 is 0. The Bertz CT molecular complexity index is 529. The smallest absolute Gasteiger partial charge is 0.343 e. The lowest BCUT2D eigenvalue weighted by atomic mass is 10.1. The van der Waals surface area contributed by atoms with Crippen molar-refractivity contribution in [1.29, 1.82) is 0 Å². The zero-order valence-corrected chi connectivity index (χ0v) is 12.8. The molecule has 0 amide bonds. The van der Waals surface area contributed by atoms with E-state index in [0.717, 1.165) is 0 Å². The van der Waals surface area contributed by atoms with Crippen LogP contribution in [0.1, 0.15) is 21.6 Å². The first-order valence-electron chi connectivity index (χ1n) is 5.85. The lowest BCUT2D eigenvalue weighted by Gasteiger charge is -2.16. The molecular formula is C12H20N2O3Si. The van der Waals surface area contributed by atoms with Crippen LogP contribution in [0, 0.1) is 13.8 Å². The fourth-order valence-electron chi connectivity index (χ4n) is 1.44. The average molecular weight is 268 g/mol. The van der Waals surface area contributed by atoms with Crippen LogP contribution < -0.4 is 5.56 Å². The summed E-state index contributed by atoms with van der Waals surface area (Å²) < 4.78 is 6.42. The summed E-state index contributed by atoms with van der Waals surface area (Å²) in [6.45, 7) is 9.79. The predicted molar refractivity (Wildman–Crippen MR) is 72.6 cm³/mol. The van der Waals surface area contributed by atoms with E-state index in [1.165, 1.54) is 11.7 Å². The molecule has 1 rings (SSSR count). The lowest BCUT2D eigenvalue weighted by Crippen LogP contribution is -2.34. The molecular weight excluding hydrogens is 248 g/mol. The molecule has 0 aliphatic rings. The van der Waals surface area contributed by atoms with Crippen LogP contribution in [-0.2, 0) is 11.8 Å². The SMILES string of the molecule is Cc1nn(C)c(=O)c(C(=O)OC[Si](C)(C)C)c1C. The first-order valence-corrected chi connectivity index (χ1v) is 9.56. The molecule has 1 aromatic heterocycles. The number of ether oxygens (including phenoxy) is 1. The van der Waals surface area contributed by atoms with Gasteiger partial charge in [-0.2, -0.15) is 5.10 Å². The minimum atomic E-state index is -1.48. The van der Waals surface area contributed by atoms with Crippen molar-refractivity contribution >= 4 is 14.0 Å². The predicted octanol–water partition coefficient (Wildman–Crippen LogP) is 1.43. The standard InChI is InChI=1S/C12H20N2O3Si/c1-8-9(2)13-14(3)11(15)10(8)12(16)17-7-18(4,5)6/h7H2,1-6H3. The number of nitrogens with zero attached hydrogens (tertiary/aromatic N) is 2. The Morgan fingerprint density at radius 3 is 2.39 bits per heavy atom. The van der Waals surface area contributed by atoms with Gasteiger partial charge in [-0.15, -0.1) is 0 Å². The number of aryl methyl sites for hydroxylation is 2. The summed E-state index contributed by atoms with van der Waals surface area (Å²) in [5.74, 6) is -0.541. The molecule has 1 heterocycles. The number of rotatable bonds is 3. The monoisotopic (exact) mass is 268 g/mol. The Kier molecular flexibility index (Phi) is 4.11. The summed E-state index contributed by atoms with van der Waals surface area (Å²) in [5, 5.41) is 4.03. The molecule has 0 unspecified atom stereocenters. The Labute approximate surface area is 108 Å². The lowest BCUT2D eigenvalue weighted by molar-refractivity contribution is 0.0561. The first kappa shape index (κ1) is 14.6. The highest BCUT2D eigenvalue weighted by Crippen LogP contribution is 2.09. The van der Waals surface area contributed by atoms with E-state index in [1.807, 2.05) is 0 Å². The number of hydrogen-bond donors (Lipinski definition) is 0. The molecule has 18 heavy (non-hydrogen) atoms. The van der Waals surface area contributed by atoms with Crippen molar-refractivity contribution < 1.29 is 9.53 Å². The van der Waals surface area contributed by atoms with Crippen LogP contribution in [0.25, 0.3) is 0 Å². The number of aromatic nitrogens is 2. The topological polar surface area (TPSA) is 61.2 Å². The van der Waals surface area contributed by atoms with Crippen molar-refractivity contribution in [3.63, 3.8) is 0 Å². The van der Waals surface area contributed by atoms with Crippen LogP contribution in [0.5, 0.6) is 0 Å². The third kappa shape index (κ3) is 3.29. The first-order chi connectivity index (χ1) is 8.13. The Morgan fingerprint density at radius 1 is 1.33 bits per heavy atom.